The van der Waals surface area contributed by atoms with Crippen LogP contribution < -0.4 is 15.4 Å². The van der Waals surface area contributed by atoms with E-state index in [0.717, 1.165) is 12.3 Å². The largest absolute Gasteiger partial charge is 0.493 e. The molecule has 17 heavy (non-hydrogen) atoms. The van der Waals surface area contributed by atoms with Gasteiger partial charge in [-0.2, -0.15) is 0 Å². The predicted molar refractivity (Wildman–Crippen MR) is 70.7 cm³/mol. The van der Waals surface area contributed by atoms with Gasteiger partial charge < -0.3 is 15.4 Å². The van der Waals surface area contributed by atoms with E-state index in [1.807, 2.05) is 37.4 Å². The fraction of sp³-hybridized carbons (Fsp3) is 0.417. The summed E-state index contributed by atoms with van der Waals surface area (Å²) in [5.41, 5.74) is 0. The molecule has 0 aliphatic carbocycles. The highest BCUT2D eigenvalue weighted by atomic mass is 35.5. The zero-order valence-corrected chi connectivity index (χ0v) is 10.8. The Kier molecular flexibility index (Phi) is 9.19. The van der Waals surface area contributed by atoms with E-state index in [9.17, 15) is 4.79 Å². The molecule has 0 aromatic heterocycles. The van der Waals surface area contributed by atoms with Gasteiger partial charge in [-0.1, -0.05) is 18.2 Å². The normalized spacial score (nSPS) is 9.24. The Bertz CT molecular complexity index is 307. The SMILES string of the molecule is CNCCNC(=O)CCOc1ccccc1.Cl. The van der Waals surface area contributed by atoms with E-state index < -0.39 is 0 Å². The standard InChI is InChI=1S/C12H18N2O2.ClH/c1-13-8-9-14-12(15)7-10-16-11-5-3-2-4-6-11;/h2-6,13H,7-10H2,1H3,(H,14,15);1H. The molecule has 1 aromatic rings. The van der Waals surface area contributed by atoms with E-state index in [1.165, 1.54) is 0 Å². The van der Waals surface area contributed by atoms with Crippen molar-refractivity contribution in [2.24, 2.45) is 0 Å². The number of carbonyl (C=O) groups is 1. The van der Waals surface area contributed by atoms with E-state index in [2.05, 4.69) is 10.6 Å². The Hall–Kier alpha value is -1.26. The second-order valence-corrected chi connectivity index (χ2v) is 3.37. The third-order valence-corrected chi connectivity index (χ3v) is 2.04. The second kappa shape index (κ2) is 9.93. The number of likely N-dealkylation sites (N-methyl/N-ethyl adjacent to an activating group) is 1. The third-order valence-electron chi connectivity index (χ3n) is 2.04. The molecule has 0 aliphatic heterocycles. The van der Waals surface area contributed by atoms with E-state index in [4.69, 9.17) is 4.74 Å². The quantitative estimate of drug-likeness (QED) is 0.723. The molecule has 0 radical (unpaired) electrons. The molecule has 0 saturated carbocycles. The molecule has 0 fully saturated rings. The minimum Gasteiger partial charge on any atom is -0.493 e. The summed E-state index contributed by atoms with van der Waals surface area (Å²) >= 11 is 0. The van der Waals surface area contributed by atoms with Gasteiger partial charge in [-0.15, -0.1) is 12.4 Å². The van der Waals surface area contributed by atoms with Crippen LogP contribution >= 0.6 is 12.4 Å². The lowest BCUT2D eigenvalue weighted by atomic mass is 10.3. The highest BCUT2D eigenvalue weighted by Gasteiger charge is 2.00. The highest BCUT2D eigenvalue weighted by Crippen LogP contribution is 2.08. The molecule has 0 unspecified atom stereocenters. The lowest BCUT2D eigenvalue weighted by molar-refractivity contribution is -0.121. The van der Waals surface area contributed by atoms with Gasteiger partial charge >= 0.3 is 0 Å². The lowest BCUT2D eigenvalue weighted by Crippen LogP contribution is -2.31. The number of halogens is 1. The maximum atomic E-state index is 11.3. The Morgan fingerprint density at radius 3 is 2.59 bits per heavy atom. The van der Waals surface area contributed by atoms with Crippen LogP contribution in [0.5, 0.6) is 5.75 Å². The van der Waals surface area contributed by atoms with Gasteiger partial charge in [-0.25, -0.2) is 0 Å². The van der Waals surface area contributed by atoms with Crippen LogP contribution in [-0.2, 0) is 4.79 Å². The fourth-order valence-electron chi connectivity index (χ4n) is 1.19. The Labute approximate surface area is 108 Å². The van der Waals surface area contributed by atoms with Crippen LogP contribution in [-0.4, -0.2) is 32.7 Å². The summed E-state index contributed by atoms with van der Waals surface area (Å²) in [6, 6.07) is 9.49. The molecule has 2 N–H and O–H groups in total. The van der Waals surface area contributed by atoms with Crippen molar-refractivity contribution in [1.82, 2.24) is 10.6 Å². The molecule has 4 nitrogen and oxygen atoms in total. The van der Waals surface area contributed by atoms with Crippen molar-refractivity contribution in [1.29, 1.82) is 0 Å². The Morgan fingerprint density at radius 2 is 1.94 bits per heavy atom. The van der Waals surface area contributed by atoms with Gasteiger partial charge in [0.05, 0.1) is 13.0 Å². The van der Waals surface area contributed by atoms with Gasteiger partial charge in [-0.3, -0.25) is 4.79 Å². The van der Waals surface area contributed by atoms with Gasteiger partial charge in [0.1, 0.15) is 5.75 Å². The van der Waals surface area contributed by atoms with Crippen molar-refractivity contribution in [3.8, 4) is 5.75 Å². The smallest absolute Gasteiger partial charge is 0.223 e. The summed E-state index contributed by atoms with van der Waals surface area (Å²) in [4.78, 5) is 11.3. The predicted octanol–water partition coefficient (Wildman–Crippen LogP) is 1.21. The molecule has 0 bridgehead atoms. The molecule has 5 heteroatoms. The maximum Gasteiger partial charge on any atom is 0.223 e. The molecule has 1 amide bonds. The first-order valence-corrected chi connectivity index (χ1v) is 5.42. The van der Waals surface area contributed by atoms with Crippen molar-refractivity contribution in [2.75, 3.05) is 26.7 Å². The molecule has 0 saturated heterocycles. The Morgan fingerprint density at radius 1 is 1.24 bits per heavy atom. The number of nitrogens with one attached hydrogen (secondary N) is 2. The fourth-order valence-corrected chi connectivity index (χ4v) is 1.19. The number of rotatable bonds is 7. The Balaban J connectivity index is 0.00000256. The first-order chi connectivity index (χ1) is 7.83. The summed E-state index contributed by atoms with van der Waals surface area (Å²) in [6.45, 7) is 1.85. The molecule has 0 atom stereocenters. The number of hydrogen-bond donors (Lipinski definition) is 2. The number of hydrogen-bond acceptors (Lipinski definition) is 3. The summed E-state index contributed by atoms with van der Waals surface area (Å²) in [5.74, 6) is 0.816. The van der Waals surface area contributed by atoms with Crippen molar-refractivity contribution < 1.29 is 9.53 Å². The number of benzene rings is 1. The van der Waals surface area contributed by atoms with Crippen molar-refractivity contribution >= 4 is 18.3 Å². The van der Waals surface area contributed by atoms with Crippen molar-refractivity contribution in [3.63, 3.8) is 0 Å². The highest BCUT2D eigenvalue weighted by molar-refractivity contribution is 5.85. The second-order valence-electron chi connectivity index (χ2n) is 3.37. The average molecular weight is 259 g/mol. The zero-order valence-electron chi connectivity index (χ0n) is 9.94. The van der Waals surface area contributed by atoms with Crippen LogP contribution in [0, 0.1) is 0 Å². The van der Waals surface area contributed by atoms with Crippen LogP contribution in [0.3, 0.4) is 0 Å². The summed E-state index contributed by atoms with van der Waals surface area (Å²) in [6.07, 6.45) is 0.388. The van der Waals surface area contributed by atoms with Crippen LogP contribution in [0.25, 0.3) is 0 Å². The monoisotopic (exact) mass is 258 g/mol. The van der Waals surface area contributed by atoms with Gasteiger partial charge in [0.2, 0.25) is 5.91 Å². The summed E-state index contributed by atoms with van der Waals surface area (Å²) in [7, 11) is 1.85. The first-order valence-electron chi connectivity index (χ1n) is 5.42. The van der Waals surface area contributed by atoms with E-state index in [1.54, 1.807) is 0 Å². The minimum absolute atomic E-state index is 0. The zero-order chi connectivity index (χ0) is 11.6. The number of ether oxygens (including phenoxy) is 1. The summed E-state index contributed by atoms with van der Waals surface area (Å²) in [5, 5.41) is 5.75. The van der Waals surface area contributed by atoms with Crippen LogP contribution in [0.15, 0.2) is 30.3 Å². The molecular formula is C12H19ClN2O2. The average Bonchev–Trinajstić information content (AvgIpc) is 2.31. The van der Waals surface area contributed by atoms with E-state index in [-0.39, 0.29) is 18.3 Å². The first kappa shape index (κ1) is 15.7. The number of carbonyl (C=O) groups excluding carboxylic acids is 1. The van der Waals surface area contributed by atoms with Gasteiger partial charge in [-0.05, 0) is 19.2 Å². The number of para-hydroxylation sites is 1. The van der Waals surface area contributed by atoms with E-state index >= 15 is 0 Å². The lowest BCUT2D eigenvalue weighted by Gasteiger charge is -2.06. The molecule has 0 aliphatic rings. The molecule has 1 aromatic carbocycles. The summed E-state index contributed by atoms with van der Waals surface area (Å²) < 4.78 is 5.41. The molecule has 0 spiro atoms. The number of amides is 1. The van der Waals surface area contributed by atoms with Crippen LogP contribution in [0.2, 0.25) is 0 Å². The van der Waals surface area contributed by atoms with E-state index in [0.29, 0.717) is 19.6 Å². The topological polar surface area (TPSA) is 50.4 Å². The van der Waals surface area contributed by atoms with Crippen LogP contribution in [0.4, 0.5) is 0 Å². The van der Waals surface area contributed by atoms with Gasteiger partial charge in [0.15, 0.2) is 0 Å². The molecule has 1 rings (SSSR count). The van der Waals surface area contributed by atoms with Gasteiger partial charge in [0.25, 0.3) is 0 Å². The van der Waals surface area contributed by atoms with Crippen molar-refractivity contribution in [2.45, 2.75) is 6.42 Å². The third kappa shape index (κ3) is 7.60. The molecule has 96 valence electrons. The molecular weight excluding hydrogens is 240 g/mol. The molecule has 0 heterocycles. The maximum absolute atomic E-state index is 11.3. The minimum atomic E-state index is 0. The van der Waals surface area contributed by atoms with Gasteiger partial charge in [0, 0.05) is 13.1 Å². The van der Waals surface area contributed by atoms with Crippen molar-refractivity contribution in [3.05, 3.63) is 30.3 Å². The van der Waals surface area contributed by atoms with Crippen LogP contribution in [0.1, 0.15) is 6.42 Å².